The van der Waals surface area contributed by atoms with Crippen LogP contribution in [0.15, 0.2) is 15.6 Å². The normalized spacial score (nSPS) is 13.4. The number of amides is 1. The summed E-state index contributed by atoms with van der Waals surface area (Å²) in [6.07, 6.45) is 0. The van der Waals surface area contributed by atoms with Crippen LogP contribution in [-0.2, 0) is 14.8 Å². The van der Waals surface area contributed by atoms with Gasteiger partial charge in [-0.25, -0.2) is 17.5 Å². The van der Waals surface area contributed by atoms with Crippen LogP contribution in [0.2, 0.25) is 0 Å². The van der Waals surface area contributed by atoms with Gasteiger partial charge in [0, 0.05) is 20.2 Å². The summed E-state index contributed by atoms with van der Waals surface area (Å²) in [5.41, 5.74) is -0.00711. The predicted molar refractivity (Wildman–Crippen MR) is 78.0 cm³/mol. The van der Waals surface area contributed by atoms with Crippen molar-refractivity contribution in [3.63, 3.8) is 0 Å². The van der Waals surface area contributed by atoms with Crippen LogP contribution in [0.1, 0.15) is 30.0 Å². The van der Waals surface area contributed by atoms with Gasteiger partial charge in [0.25, 0.3) is 15.9 Å². The summed E-state index contributed by atoms with van der Waals surface area (Å²) in [4.78, 5) is 23.3. The van der Waals surface area contributed by atoms with Crippen molar-refractivity contribution in [2.24, 2.45) is 5.92 Å². The summed E-state index contributed by atoms with van der Waals surface area (Å²) in [6.45, 7) is 4.75. The number of rotatable bonds is 6. The molecule has 1 amide bonds. The molecule has 124 valence electrons. The lowest BCUT2D eigenvalue weighted by Crippen LogP contribution is -2.44. The van der Waals surface area contributed by atoms with Gasteiger partial charge < -0.3 is 14.8 Å². The van der Waals surface area contributed by atoms with Gasteiger partial charge in [0.05, 0.1) is 5.56 Å². The van der Waals surface area contributed by atoms with E-state index in [1.54, 1.807) is 13.8 Å². The van der Waals surface area contributed by atoms with Crippen molar-refractivity contribution < 1.29 is 27.5 Å². The number of furan rings is 1. The average molecular weight is 332 g/mol. The maximum atomic E-state index is 12.2. The summed E-state index contributed by atoms with van der Waals surface area (Å²) in [6, 6.07) is 0.0230. The zero-order valence-corrected chi connectivity index (χ0v) is 13.9. The maximum absolute atomic E-state index is 12.2. The summed E-state index contributed by atoms with van der Waals surface area (Å²) in [5.74, 6) is -2.07. The molecule has 1 aromatic heterocycles. The molecule has 1 aromatic rings. The molecule has 0 fully saturated rings. The molecule has 0 unspecified atom stereocenters. The Morgan fingerprint density at radius 3 is 2.27 bits per heavy atom. The third-order valence-corrected chi connectivity index (χ3v) is 4.77. The zero-order chi connectivity index (χ0) is 17.2. The van der Waals surface area contributed by atoms with E-state index in [1.165, 1.54) is 21.0 Å². The first-order chi connectivity index (χ1) is 9.98. The van der Waals surface area contributed by atoms with Gasteiger partial charge in [-0.1, -0.05) is 13.8 Å². The van der Waals surface area contributed by atoms with E-state index >= 15 is 0 Å². The standard InChI is InChI=1S/C13H20N2O6S/c1-7(2)11(13(17)18)14-12(16)9-6-10(21-8(9)3)22(19,20)15(4)5/h6-7,11H,1-5H3,(H,14,16)(H,17,18)/t11-/m1/s1. The topological polar surface area (TPSA) is 117 Å². The van der Waals surface area contributed by atoms with Gasteiger partial charge in [-0.2, -0.15) is 0 Å². The number of nitrogens with zero attached hydrogens (tertiary/aromatic N) is 1. The summed E-state index contributed by atoms with van der Waals surface area (Å²) in [7, 11) is -1.12. The molecule has 0 aliphatic heterocycles. The lowest BCUT2D eigenvalue weighted by Gasteiger charge is -2.17. The number of carbonyl (C=O) groups excluding carboxylic acids is 1. The number of carboxylic acid groups (broad SMARTS) is 1. The summed E-state index contributed by atoms with van der Waals surface area (Å²) >= 11 is 0. The van der Waals surface area contributed by atoms with Gasteiger partial charge in [-0.3, -0.25) is 4.79 Å². The van der Waals surface area contributed by atoms with Crippen molar-refractivity contribution in [1.82, 2.24) is 9.62 Å². The molecule has 8 nitrogen and oxygen atoms in total. The fourth-order valence-corrected chi connectivity index (χ4v) is 2.58. The second kappa shape index (κ2) is 6.49. The van der Waals surface area contributed by atoms with Crippen molar-refractivity contribution in [2.45, 2.75) is 31.9 Å². The van der Waals surface area contributed by atoms with E-state index in [0.717, 1.165) is 10.4 Å². The Morgan fingerprint density at radius 2 is 1.86 bits per heavy atom. The van der Waals surface area contributed by atoms with E-state index in [4.69, 9.17) is 9.52 Å². The minimum Gasteiger partial charge on any atom is -0.480 e. The molecule has 0 aliphatic carbocycles. The minimum absolute atomic E-state index is 0.00711. The first-order valence-corrected chi connectivity index (χ1v) is 7.99. The van der Waals surface area contributed by atoms with Crippen molar-refractivity contribution >= 4 is 21.9 Å². The van der Waals surface area contributed by atoms with Crippen LogP contribution in [0.25, 0.3) is 0 Å². The van der Waals surface area contributed by atoms with Crippen LogP contribution < -0.4 is 5.32 Å². The Balaban J connectivity index is 3.11. The molecule has 1 rings (SSSR count). The van der Waals surface area contributed by atoms with Crippen LogP contribution >= 0.6 is 0 Å². The van der Waals surface area contributed by atoms with Gasteiger partial charge in [0.15, 0.2) is 0 Å². The molecule has 1 atom stereocenters. The van der Waals surface area contributed by atoms with Crippen molar-refractivity contribution in [3.05, 3.63) is 17.4 Å². The van der Waals surface area contributed by atoms with E-state index < -0.39 is 27.9 Å². The van der Waals surface area contributed by atoms with Gasteiger partial charge in [-0.15, -0.1) is 0 Å². The first kappa shape index (κ1) is 18.2. The molecule has 0 spiro atoms. The molecule has 22 heavy (non-hydrogen) atoms. The highest BCUT2D eigenvalue weighted by Crippen LogP contribution is 2.21. The van der Waals surface area contributed by atoms with Crippen molar-refractivity contribution in [2.75, 3.05) is 14.1 Å². The largest absolute Gasteiger partial charge is 0.480 e. The molecule has 0 saturated carbocycles. The quantitative estimate of drug-likeness (QED) is 0.791. The van der Waals surface area contributed by atoms with E-state index in [1.807, 2.05) is 0 Å². The Bertz CT molecular complexity index is 675. The molecule has 0 bridgehead atoms. The number of hydrogen-bond donors (Lipinski definition) is 2. The third kappa shape index (κ3) is 3.66. The molecule has 0 aliphatic rings. The van der Waals surface area contributed by atoms with Crippen LogP contribution in [-0.4, -0.2) is 49.8 Å². The van der Waals surface area contributed by atoms with Crippen LogP contribution in [0.5, 0.6) is 0 Å². The van der Waals surface area contributed by atoms with E-state index in [-0.39, 0.29) is 22.3 Å². The highest BCUT2D eigenvalue weighted by atomic mass is 32.2. The number of aryl methyl sites for hydroxylation is 1. The monoisotopic (exact) mass is 332 g/mol. The molecule has 0 aromatic carbocycles. The molecule has 2 N–H and O–H groups in total. The smallest absolute Gasteiger partial charge is 0.326 e. The molecular formula is C13H20N2O6S. The predicted octanol–water partition coefficient (Wildman–Crippen LogP) is 0.677. The van der Waals surface area contributed by atoms with Crippen molar-refractivity contribution in [1.29, 1.82) is 0 Å². The Kier molecular flexibility index (Phi) is 5.36. The number of nitrogens with one attached hydrogen (secondary N) is 1. The van der Waals surface area contributed by atoms with E-state index in [0.29, 0.717) is 0 Å². The maximum Gasteiger partial charge on any atom is 0.326 e. The molecule has 1 heterocycles. The highest BCUT2D eigenvalue weighted by molar-refractivity contribution is 7.88. The van der Waals surface area contributed by atoms with Crippen molar-refractivity contribution in [3.8, 4) is 0 Å². The molecule has 9 heteroatoms. The van der Waals surface area contributed by atoms with Gasteiger partial charge in [0.1, 0.15) is 11.8 Å². The fourth-order valence-electron chi connectivity index (χ4n) is 1.72. The Labute approximate surface area is 129 Å². The SMILES string of the molecule is Cc1oc(S(=O)(=O)N(C)C)cc1C(=O)N[C@@H](C(=O)O)C(C)C. The molecule has 0 saturated heterocycles. The number of carboxylic acids is 1. The second-order valence-electron chi connectivity index (χ2n) is 5.36. The van der Waals surface area contributed by atoms with Crippen LogP contribution in [0.4, 0.5) is 0 Å². The Hall–Kier alpha value is -1.87. The summed E-state index contributed by atoms with van der Waals surface area (Å²) in [5, 5.41) is 11.1. The summed E-state index contributed by atoms with van der Waals surface area (Å²) < 4.78 is 30.0. The average Bonchev–Trinajstić information content (AvgIpc) is 2.77. The zero-order valence-electron chi connectivity index (χ0n) is 13.1. The van der Waals surface area contributed by atoms with E-state index in [2.05, 4.69) is 5.32 Å². The lowest BCUT2D eigenvalue weighted by molar-refractivity contribution is -0.140. The van der Waals surface area contributed by atoms with E-state index in [9.17, 15) is 18.0 Å². The molecule has 0 radical (unpaired) electrons. The van der Waals surface area contributed by atoms with Gasteiger partial charge in [-0.05, 0) is 12.8 Å². The number of sulfonamides is 1. The highest BCUT2D eigenvalue weighted by Gasteiger charge is 2.29. The first-order valence-electron chi connectivity index (χ1n) is 6.55. The number of aliphatic carboxylic acids is 1. The van der Waals surface area contributed by atoms with Crippen LogP contribution in [0.3, 0.4) is 0 Å². The Morgan fingerprint density at radius 1 is 1.32 bits per heavy atom. The lowest BCUT2D eigenvalue weighted by atomic mass is 10.0. The number of hydrogen-bond acceptors (Lipinski definition) is 5. The van der Waals surface area contributed by atoms with Gasteiger partial charge >= 0.3 is 5.97 Å². The second-order valence-corrected chi connectivity index (χ2v) is 7.44. The minimum atomic E-state index is -3.80. The molecular weight excluding hydrogens is 312 g/mol. The van der Waals surface area contributed by atoms with Gasteiger partial charge in [0.2, 0.25) is 5.09 Å². The third-order valence-electron chi connectivity index (χ3n) is 3.09. The number of carbonyl (C=O) groups is 2. The van der Waals surface area contributed by atoms with Crippen LogP contribution in [0, 0.1) is 12.8 Å². The fraction of sp³-hybridized carbons (Fsp3) is 0.538.